The van der Waals surface area contributed by atoms with E-state index >= 15 is 0 Å². The number of fused-ring (bicyclic) bond motifs is 1. The number of hydrogen-bond acceptors (Lipinski definition) is 0. The summed E-state index contributed by atoms with van der Waals surface area (Å²) >= 11 is 0. The third-order valence-electron chi connectivity index (χ3n) is 5.13. The Morgan fingerprint density at radius 1 is 0.808 bits per heavy atom. The summed E-state index contributed by atoms with van der Waals surface area (Å²) in [5, 5.41) is 0. The van der Waals surface area contributed by atoms with Crippen LogP contribution in [0.1, 0.15) is 29.2 Å². The molecule has 0 heterocycles. The van der Waals surface area contributed by atoms with Crippen molar-refractivity contribution in [1.82, 2.24) is 0 Å². The van der Waals surface area contributed by atoms with Crippen LogP contribution in [-0.4, -0.2) is 0 Å². The second-order valence-electron chi connectivity index (χ2n) is 6.77. The molecule has 0 unspecified atom stereocenters. The van der Waals surface area contributed by atoms with E-state index in [4.69, 9.17) is 0 Å². The lowest BCUT2D eigenvalue weighted by molar-refractivity contribution is 0.624. The van der Waals surface area contributed by atoms with E-state index in [0.29, 0.717) is 11.1 Å². The monoisotopic (exact) mass is 346 g/mol. The summed E-state index contributed by atoms with van der Waals surface area (Å²) in [7, 11) is 0. The summed E-state index contributed by atoms with van der Waals surface area (Å²) in [6, 6.07) is 18.1. The molecule has 0 fully saturated rings. The first-order chi connectivity index (χ1) is 12.6. The van der Waals surface area contributed by atoms with Crippen molar-refractivity contribution in [3.05, 3.63) is 101 Å². The molecule has 0 amide bonds. The number of halogens is 2. The van der Waals surface area contributed by atoms with E-state index in [0.717, 1.165) is 30.4 Å². The highest BCUT2D eigenvalue weighted by atomic mass is 19.1. The van der Waals surface area contributed by atoms with Gasteiger partial charge in [0, 0.05) is 5.56 Å². The molecule has 2 heteroatoms. The maximum Gasteiger partial charge on any atom is 0.131 e. The first-order valence-corrected chi connectivity index (χ1v) is 8.99. The molecule has 0 bridgehead atoms. The lowest BCUT2D eigenvalue weighted by atomic mass is 9.86. The van der Waals surface area contributed by atoms with Crippen LogP contribution in [0.5, 0.6) is 0 Å². The number of allylic oxidation sites excluding steroid dienone is 2. The third-order valence-corrected chi connectivity index (χ3v) is 5.13. The summed E-state index contributed by atoms with van der Waals surface area (Å²) in [6.07, 6.45) is 4.78. The van der Waals surface area contributed by atoms with Crippen LogP contribution in [0.3, 0.4) is 0 Å². The molecule has 0 aromatic heterocycles. The molecule has 130 valence electrons. The van der Waals surface area contributed by atoms with Crippen LogP contribution in [0, 0.1) is 11.6 Å². The van der Waals surface area contributed by atoms with Crippen LogP contribution < -0.4 is 0 Å². The maximum absolute atomic E-state index is 14.7. The van der Waals surface area contributed by atoms with Gasteiger partial charge in [0.1, 0.15) is 11.6 Å². The maximum atomic E-state index is 14.7. The minimum absolute atomic E-state index is 0.252. The third kappa shape index (κ3) is 3.20. The second-order valence-corrected chi connectivity index (χ2v) is 6.77. The van der Waals surface area contributed by atoms with Gasteiger partial charge in [0.2, 0.25) is 0 Å². The average molecular weight is 346 g/mol. The van der Waals surface area contributed by atoms with Gasteiger partial charge >= 0.3 is 0 Å². The van der Waals surface area contributed by atoms with Gasteiger partial charge in [-0.1, -0.05) is 49.4 Å². The van der Waals surface area contributed by atoms with Crippen molar-refractivity contribution in [2.45, 2.75) is 26.2 Å². The largest absolute Gasteiger partial charge is 0.207 e. The molecule has 0 N–H and O–H groups in total. The van der Waals surface area contributed by atoms with Crippen molar-refractivity contribution in [3.8, 4) is 11.1 Å². The van der Waals surface area contributed by atoms with Crippen LogP contribution in [0.4, 0.5) is 8.78 Å². The Bertz CT molecular complexity index is 964. The van der Waals surface area contributed by atoms with E-state index in [1.54, 1.807) is 18.2 Å². The van der Waals surface area contributed by atoms with Crippen molar-refractivity contribution in [2.75, 3.05) is 0 Å². The highest BCUT2D eigenvalue weighted by Gasteiger charge is 2.16. The molecule has 0 spiro atoms. The van der Waals surface area contributed by atoms with Gasteiger partial charge in [-0.05, 0) is 76.9 Å². The van der Waals surface area contributed by atoms with Gasteiger partial charge in [0.25, 0.3) is 0 Å². The molecule has 0 saturated heterocycles. The molecule has 0 nitrogen and oxygen atoms in total. The first-order valence-electron chi connectivity index (χ1n) is 8.99. The van der Waals surface area contributed by atoms with Crippen LogP contribution in [0.15, 0.2) is 66.7 Å². The normalized spacial score (nSPS) is 13.3. The molecule has 0 saturated carbocycles. The minimum atomic E-state index is -0.311. The van der Waals surface area contributed by atoms with Crippen molar-refractivity contribution in [1.29, 1.82) is 0 Å². The number of aryl methyl sites for hydroxylation is 1. The highest BCUT2D eigenvalue weighted by molar-refractivity contribution is 5.73. The standard InChI is InChI=1S/C24H20F2/c1-2-16-3-5-17(6-4-16)19-7-8-20-14-23(24(26)15-21(20)13-19)18-9-11-22(25)12-10-18/h3-7,9-12,14-15H,2,8,13H2,1H3. The lowest BCUT2D eigenvalue weighted by Gasteiger charge is -2.19. The fourth-order valence-electron chi connectivity index (χ4n) is 3.55. The van der Waals surface area contributed by atoms with Crippen LogP contribution in [0.2, 0.25) is 0 Å². The summed E-state index contributed by atoms with van der Waals surface area (Å²) < 4.78 is 27.8. The number of rotatable bonds is 3. The Labute approximate surface area is 152 Å². The summed E-state index contributed by atoms with van der Waals surface area (Å²) in [5.41, 5.74) is 7.18. The molecule has 3 aromatic carbocycles. The molecule has 3 aromatic rings. The SMILES string of the molecule is CCc1ccc(C2=CCc3cc(-c4ccc(F)cc4)c(F)cc3C2)cc1. The molecule has 0 aliphatic heterocycles. The van der Waals surface area contributed by atoms with Crippen LogP contribution in [-0.2, 0) is 19.3 Å². The van der Waals surface area contributed by atoms with Crippen molar-refractivity contribution in [3.63, 3.8) is 0 Å². The van der Waals surface area contributed by atoms with E-state index in [2.05, 4.69) is 37.3 Å². The average Bonchev–Trinajstić information content (AvgIpc) is 2.68. The molecular formula is C24H20F2. The van der Waals surface area contributed by atoms with Gasteiger partial charge in [-0.15, -0.1) is 0 Å². The van der Waals surface area contributed by atoms with Gasteiger partial charge in [-0.25, -0.2) is 8.78 Å². The Morgan fingerprint density at radius 2 is 1.50 bits per heavy atom. The van der Waals surface area contributed by atoms with Gasteiger partial charge in [0.05, 0.1) is 0 Å². The van der Waals surface area contributed by atoms with Gasteiger partial charge in [-0.2, -0.15) is 0 Å². The zero-order chi connectivity index (χ0) is 18.1. The summed E-state index contributed by atoms with van der Waals surface area (Å²) in [5.74, 6) is -0.563. The highest BCUT2D eigenvalue weighted by Crippen LogP contribution is 2.33. The van der Waals surface area contributed by atoms with Gasteiger partial charge < -0.3 is 0 Å². The Kier molecular flexibility index (Phi) is 4.42. The van der Waals surface area contributed by atoms with Gasteiger partial charge in [0.15, 0.2) is 0 Å². The Hall–Kier alpha value is -2.74. The molecule has 1 aliphatic carbocycles. The summed E-state index contributed by atoms with van der Waals surface area (Å²) in [6.45, 7) is 2.15. The molecule has 1 aliphatic rings. The Balaban J connectivity index is 1.65. The first kappa shape index (κ1) is 16.7. The zero-order valence-corrected chi connectivity index (χ0v) is 14.7. The predicted octanol–water partition coefficient (Wildman–Crippen LogP) is 6.38. The van der Waals surface area contributed by atoms with Crippen LogP contribution >= 0.6 is 0 Å². The number of benzene rings is 3. The van der Waals surface area contributed by atoms with E-state index in [1.807, 2.05) is 6.07 Å². The Morgan fingerprint density at radius 3 is 2.19 bits per heavy atom. The van der Waals surface area contributed by atoms with Crippen LogP contribution in [0.25, 0.3) is 16.7 Å². The van der Waals surface area contributed by atoms with E-state index in [1.165, 1.54) is 28.8 Å². The minimum Gasteiger partial charge on any atom is -0.207 e. The van der Waals surface area contributed by atoms with Crippen molar-refractivity contribution >= 4 is 5.57 Å². The molecule has 4 rings (SSSR count). The number of hydrogen-bond donors (Lipinski definition) is 0. The quantitative estimate of drug-likeness (QED) is 0.516. The van der Waals surface area contributed by atoms with Crippen molar-refractivity contribution < 1.29 is 8.78 Å². The molecular weight excluding hydrogens is 326 g/mol. The predicted molar refractivity (Wildman–Crippen MR) is 103 cm³/mol. The fraction of sp³-hybridized carbons (Fsp3) is 0.167. The van der Waals surface area contributed by atoms with Gasteiger partial charge in [-0.3, -0.25) is 0 Å². The van der Waals surface area contributed by atoms with E-state index in [-0.39, 0.29) is 11.6 Å². The summed E-state index contributed by atoms with van der Waals surface area (Å²) in [4.78, 5) is 0. The van der Waals surface area contributed by atoms with E-state index < -0.39 is 0 Å². The van der Waals surface area contributed by atoms with E-state index in [9.17, 15) is 8.78 Å². The molecule has 0 atom stereocenters. The topological polar surface area (TPSA) is 0 Å². The molecule has 26 heavy (non-hydrogen) atoms. The fourth-order valence-corrected chi connectivity index (χ4v) is 3.55. The smallest absolute Gasteiger partial charge is 0.131 e. The zero-order valence-electron chi connectivity index (χ0n) is 14.7. The second kappa shape index (κ2) is 6.87. The van der Waals surface area contributed by atoms with Crippen molar-refractivity contribution in [2.24, 2.45) is 0 Å². The lowest BCUT2D eigenvalue weighted by Crippen LogP contribution is -2.04. The molecule has 0 radical (unpaired) electrons.